The van der Waals surface area contributed by atoms with Gasteiger partial charge in [-0.3, -0.25) is 9.59 Å². The number of rotatable bonds is 6. The van der Waals surface area contributed by atoms with Crippen LogP contribution in [0.5, 0.6) is 0 Å². The number of hydrogen-bond donors (Lipinski definition) is 2. The molecule has 3 unspecified atom stereocenters. The predicted molar refractivity (Wildman–Crippen MR) is 55.4 cm³/mol. The van der Waals surface area contributed by atoms with Crippen molar-refractivity contribution in [2.24, 2.45) is 11.8 Å². The molecule has 0 spiro atoms. The summed E-state index contributed by atoms with van der Waals surface area (Å²) in [5.74, 6) is -2.44. The monoisotopic (exact) mass is 217 g/mol. The Bertz CT molecular complexity index is 229. The Kier molecular flexibility index (Phi) is 5.93. The molecule has 0 bridgehead atoms. The number of carbonyl (C=O) groups excluding carboxylic acids is 1. The maximum Gasteiger partial charge on any atom is 0.307 e. The maximum atomic E-state index is 11.5. The standard InChI is InChI=1S/C10H19NO4/c1-6(5-15-4)11-9(12)7(2)8(3)10(13)14/h6-8H,5H2,1-4H3,(H,11,12)(H,13,14). The SMILES string of the molecule is COCC(C)NC(=O)C(C)C(C)C(=O)O. The highest BCUT2D eigenvalue weighted by Crippen LogP contribution is 2.11. The molecule has 0 aromatic heterocycles. The zero-order valence-corrected chi connectivity index (χ0v) is 9.61. The molecule has 0 fully saturated rings. The molecule has 3 atom stereocenters. The number of carbonyl (C=O) groups is 2. The number of ether oxygens (including phenoxy) is 1. The Morgan fingerprint density at radius 3 is 2.20 bits per heavy atom. The van der Waals surface area contributed by atoms with Gasteiger partial charge in [0.15, 0.2) is 0 Å². The summed E-state index contributed by atoms with van der Waals surface area (Å²) in [6.45, 7) is 5.35. The minimum absolute atomic E-state index is 0.106. The van der Waals surface area contributed by atoms with Crippen LogP contribution in [0.1, 0.15) is 20.8 Å². The number of carboxylic acid groups (broad SMARTS) is 1. The van der Waals surface area contributed by atoms with Crippen molar-refractivity contribution in [1.82, 2.24) is 5.32 Å². The molecule has 15 heavy (non-hydrogen) atoms. The molecule has 0 radical (unpaired) electrons. The highest BCUT2D eigenvalue weighted by atomic mass is 16.5. The van der Waals surface area contributed by atoms with Gasteiger partial charge in [0.2, 0.25) is 5.91 Å². The third kappa shape index (κ3) is 4.78. The van der Waals surface area contributed by atoms with Crippen molar-refractivity contribution < 1.29 is 19.4 Å². The van der Waals surface area contributed by atoms with Crippen molar-refractivity contribution >= 4 is 11.9 Å². The molecular formula is C10H19NO4. The fraction of sp³-hybridized carbons (Fsp3) is 0.800. The zero-order chi connectivity index (χ0) is 12.0. The van der Waals surface area contributed by atoms with E-state index in [1.54, 1.807) is 21.0 Å². The summed E-state index contributed by atoms with van der Waals surface area (Å²) in [6.07, 6.45) is 0. The molecule has 5 heteroatoms. The summed E-state index contributed by atoms with van der Waals surface area (Å²) in [6, 6.07) is -0.106. The fourth-order valence-corrected chi connectivity index (χ4v) is 1.11. The Hall–Kier alpha value is -1.10. The fourth-order valence-electron chi connectivity index (χ4n) is 1.11. The molecule has 0 saturated carbocycles. The first-order chi connectivity index (χ1) is 6.90. The van der Waals surface area contributed by atoms with E-state index in [0.717, 1.165) is 0 Å². The van der Waals surface area contributed by atoms with E-state index in [4.69, 9.17) is 9.84 Å². The van der Waals surface area contributed by atoms with Crippen LogP contribution in [0.15, 0.2) is 0 Å². The molecule has 0 aromatic carbocycles. The molecule has 1 amide bonds. The molecule has 88 valence electrons. The Morgan fingerprint density at radius 1 is 1.27 bits per heavy atom. The minimum Gasteiger partial charge on any atom is -0.481 e. The molecule has 0 heterocycles. The van der Waals surface area contributed by atoms with Crippen LogP contribution in [0.2, 0.25) is 0 Å². The largest absolute Gasteiger partial charge is 0.481 e. The zero-order valence-electron chi connectivity index (χ0n) is 9.61. The third-order valence-electron chi connectivity index (χ3n) is 2.36. The Balaban J connectivity index is 4.15. The number of carboxylic acids is 1. The normalized spacial score (nSPS) is 16.5. The topological polar surface area (TPSA) is 75.6 Å². The van der Waals surface area contributed by atoms with E-state index in [1.807, 2.05) is 0 Å². The van der Waals surface area contributed by atoms with Crippen molar-refractivity contribution in [3.63, 3.8) is 0 Å². The van der Waals surface area contributed by atoms with Crippen LogP contribution in [-0.4, -0.2) is 36.7 Å². The van der Waals surface area contributed by atoms with Crippen molar-refractivity contribution in [3.05, 3.63) is 0 Å². The van der Waals surface area contributed by atoms with E-state index >= 15 is 0 Å². The molecule has 0 aliphatic rings. The summed E-state index contributed by atoms with van der Waals surface area (Å²) in [5, 5.41) is 11.4. The summed E-state index contributed by atoms with van der Waals surface area (Å²) in [4.78, 5) is 22.2. The molecular weight excluding hydrogens is 198 g/mol. The van der Waals surface area contributed by atoms with Crippen LogP contribution >= 0.6 is 0 Å². The molecule has 0 aliphatic carbocycles. The van der Waals surface area contributed by atoms with E-state index in [9.17, 15) is 9.59 Å². The molecule has 5 nitrogen and oxygen atoms in total. The van der Waals surface area contributed by atoms with Crippen molar-refractivity contribution in [1.29, 1.82) is 0 Å². The number of methoxy groups -OCH3 is 1. The van der Waals surface area contributed by atoms with Crippen molar-refractivity contribution in [2.75, 3.05) is 13.7 Å². The van der Waals surface area contributed by atoms with Crippen LogP contribution in [0.4, 0.5) is 0 Å². The molecule has 2 N–H and O–H groups in total. The van der Waals surface area contributed by atoms with E-state index in [0.29, 0.717) is 6.61 Å². The molecule has 0 aliphatic heterocycles. The lowest BCUT2D eigenvalue weighted by molar-refractivity contribution is -0.146. The number of hydrogen-bond acceptors (Lipinski definition) is 3. The maximum absolute atomic E-state index is 11.5. The number of aliphatic carboxylic acids is 1. The van der Waals surface area contributed by atoms with Crippen molar-refractivity contribution in [3.8, 4) is 0 Å². The Morgan fingerprint density at radius 2 is 1.80 bits per heavy atom. The molecule has 0 aromatic rings. The summed E-state index contributed by atoms with van der Waals surface area (Å²) in [5.41, 5.74) is 0. The second-order valence-electron chi connectivity index (χ2n) is 3.78. The summed E-state index contributed by atoms with van der Waals surface area (Å²) >= 11 is 0. The quantitative estimate of drug-likeness (QED) is 0.679. The van der Waals surface area contributed by atoms with Crippen molar-refractivity contribution in [2.45, 2.75) is 26.8 Å². The van der Waals surface area contributed by atoms with E-state index in [2.05, 4.69) is 5.32 Å². The van der Waals surface area contributed by atoms with Crippen LogP contribution in [0.3, 0.4) is 0 Å². The van der Waals surface area contributed by atoms with Gasteiger partial charge in [-0.25, -0.2) is 0 Å². The first-order valence-corrected chi connectivity index (χ1v) is 4.92. The average molecular weight is 217 g/mol. The van der Waals surface area contributed by atoms with Crippen LogP contribution < -0.4 is 5.32 Å². The second kappa shape index (κ2) is 6.40. The number of amides is 1. The lowest BCUT2D eigenvalue weighted by Crippen LogP contribution is -2.41. The number of nitrogens with one attached hydrogen (secondary N) is 1. The van der Waals surface area contributed by atoms with Gasteiger partial charge in [0, 0.05) is 19.1 Å². The van der Waals surface area contributed by atoms with Gasteiger partial charge in [-0.2, -0.15) is 0 Å². The van der Waals surface area contributed by atoms with Gasteiger partial charge in [-0.15, -0.1) is 0 Å². The van der Waals surface area contributed by atoms with E-state index in [1.165, 1.54) is 6.92 Å². The second-order valence-corrected chi connectivity index (χ2v) is 3.78. The minimum atomic E-state index is -0.961. The van der Waals surface area contributed by atoms with Gasteiger partial charge >= 0.3 is 5.97 Å². The third-order valence-corrected chi connectivity index (χ3v) is 2.36. The van der Waals surface area contributed by atoms with Gasteiger partial charge < -0.3 is 15.2 Å². The summed E-state index contributed by atoms with van der Waals surface area (Å²) in [7, 11) is 1.55. The van der Waals surface area contributed by atoms with Gasteiger partial charge in [-0.05, 0) is 6.92 Å². The first-order valence-electron chi connectivity index (χ1n) is 4.92. The Labute approximate surface area is 89.8 Å². The molecule has 0 saturated heterocycles. The predicted octanol–water partition coefficient (Wildman–Crippen LogP) is 0.494. The van der Waals surface area contributed by atoms with Gasteiger partial charge in [-0.1, -0.05) is 13.8 Å². The van der Waals surface area contributed by atoms with Crippen LogP contribution in [-0.2, 0) is 14.3 Å². The van der Waals surface area contributed by atoms with Crippen LogP contribution in [0, 0.1) is 11.8 Å². The smallest absolute Gasteiger partial charge is 0.307 e. The van der Waals surface area contributed by atoms with Crippen LogP contribution in [0.25, 0.3) is 0 Å². The summed E-state index contributed by atoms with van der Waals surface area (Å²) < 4.78 is 4.86. The lowest BCUT2D eigenvalue weighted by Gasteiger charge is -2.19. The van der Waals surface area contributed by atoms with E-state index < -0.39 is 17.8 Å². The van der Waals surface area contributed by atoms with Gasteiger partial charge in [0.1, 0.15) is 0 Å². The average Bonchev–Trinajstić information content (AvgIpc) is 2.15. The lowest BCUT2D eigenvalue weighted by atomic mass is 9.95. The highest BCUT2D eigenvalue weighted by molar-refractivity contribution is 5.84. The molecule has 0 rings (SSSR count). The van der Waals surface area contributed by atoms with Gasteiger partial charge in [0.25, 0.3) is 0 Å². The van der Waals surface area contributed by atoms with E-state index in [-0.39, 0.29) is 11.9 Å². The highest BCUT2D eigenvalue weighted by Gasteiger charge is 2.26. The van der Waals surface area contributed by atoms with Gasteiger partial charge in [0.05, 0.1) is 12.5 Å². The first kappa shape index (κ1) is 13.9.